The van der Waals surface area contributed by atoms with Gasteiger partial charge in [-0.15, -0.1) is 0 Å². The summed E-state index contributed by atoms with van der Waals surface area (Å²) < 4.78 is 13.2. The van der Waals surface area contributed by atoms with Crippen molar-refractivity contribution >= 4 is 11.8 Å². The van der Waals surface area contributed by atoms with Crippen molar-refractivity contribution in [3.63, 3.8) is 0 Å². The summed E-state index contributed by atoms with van der Waals surface area (Å²) in [6.45, 7) is 2.27. The average molecular weight is 293 g/mol. The number of rotatable bonds is 5. The number of hydrogen-bond acceptors (Lipinski definition) is 4. The second kappa shape index (κ2) is 6.67. The first kappa shape index (κ1) is 14.7. The van der Waals surface area contributed by atoms with Crippen molar-refractivity contribution in [1.82, 2.24) is 9.97 Å². The summed E-state index contributed by atoms with van der Waals surface area (Å²) in [6.07, 6.45) is 1.68. The van der Waals surface area contributed by atoms with Crippen LogP contribution >= 0.6 is 11.8 Å². The number of halogens is 1. The molecular formula is C14H16FN3OS. The summed E-state index contributed by atoms with van der Waals surface area (Å²) >= 11 is 1.29. The zero-order valence-corrected chi connectivity index (χ0v) is 12.0. The first-order valence-corrected chi connectivity index (χ1v) is 7.20. The molecule has 0 fully saturated rings. The Balaban J connectivity index is 2.32. The maximum Gasteiger partial charge on any atom is 0.251 e. The van der Waals surface area contributed by atoms with Crippen LogP contribution in [0.15, 0.2) is 39.1 Å². The fraction of sp³-hybridized carbons (Fsp3) is 0.286. The molecule has 0 amide bonds. The number of aromatic nitrogens is 2. The van der Waals surface area contributed by atoms with Crippen LogP contribution in [0.2, 0.25) is 0 Å². The molecule has 1 aromatic carbocycles. The van der Waals surface area contributed by atoms with Gasteiger partial charge in [-0.05, 0) is 30.2 Å². The molecule has 2 rings (SSSR count). The summed E-state index contributed by atoms with van der Waals surface area (Å²) in [5, 5.41) is 0.502. The van der Waals surface area contributed by atoms with Crippen LogP contribution in [-0.2, 0) is 13.0 Å². The van der Waals surface area contributed by atoms with Gasteiger partial charge < -0.3 is 10.7 Å². The molecule has 0 atom stereocenters. The molecule has 106 valence electrons. The molecule has 0 saturated carbocycles. The monoisotopic (exact) mass is 293 g/mol. The van der Waals surface area contributed by atoms with Crippen LogP contribution in [0.5, 0.6) is 0 Å². The Bertz CT molecular complexity index is 657. The minimum Gasteiger partial charge on any atom is -0.326 e. The van der Waals surface area contributed by atoms with Gasteiger partial charge in [0.15, 0.2) is 5.16 Å². The van der Waals surface area contributed by atoms with Crippen molar-refractivity contribution in [3.05, 3.63) is 51.7 Å². The van der Waals surface area contributed by atoms with E-state index in [1.165, 1.54) is 30.0 Å². The van der Waals surface area contributed by atoms with E-state index in [4.69, 9.17) is 5.73 Å². The van der Waals surface area contributed by atoms with Crippen molar-refractivity contribution < 1.29 is 4.39 Å². The molecule has 0 spiro atoms. The number of benzene rings is 1. The number of nitrogens with zero attached hydrogens (tertiary/aromatic N) is 1. The van der Waals surface area contributed by atoms with Gasteiger partial charge in [-0.2, -0.15) is 0 Å². The standard InChI is InChI=1S/C14H16FN3OS/c1-2-3-11-7-13(19)18-14(17-11)20-12-5-4-10(15)6-9(12)8-16/h4-7H,2-3,8,16H2,1H3,(H,17,18,19). The zero-order valence-electron chi connectivity index (χ0n) is 11.1. The molecule has 4 nitrogen and oxygen atoms in total. The van der Waals surface area contributed by atoms with Gasteiger partial charge in [0.1, 0.15) is 5.82 Å². The number of nitrogens with two attached hydrogens (primary N) is 1. The Labute approximate surface area is 120 Å². The van der Waals surface area contributed by atoms with Gasteiger partial charge in [-0.25, -0.2) is 9.37 Å². The maximum atomic E-state index is 13.2. The highest BCUT2D eigenvalue weighted by atomic mass is 32.2. The molecule has 0 aliphatic heterocycles. The summed E-state index contributed by atoms with van der Waals surface area (Å²) in [4.78, 5) is 19.5. The van der Waals surface area contributed by atoms with Gasteiger partial charge in [-0.3, -0.25) is 4.79 Å². The highest BCUT2D eigenvalue weighted by molar-refractivity contribution is 7.99. The third kappa shape index (κ3) is 3.68. The molecular weight excluding hydrogens is 277 g/mol. The Kier molecular flexibility index (Phi) is 4.92. The number of hydrogen-bond donors (Lipinski definition) is 2. The van der Waals surface area contributed by atoms with Crippen LogP contribution < -0.4 is 11.3 Å². The van der Waals surface area contributed by atoms with Crippen molar-refractivity contribution in [2.75, 3.05) is 0 Å². The van der Waals surface area contributed by atoms with Crippen molar-refractivity contribution in [1.29, 1.82) is 0 Å². The Morgan fingerprint density at radius 2 is 2.20 bits per heavy atom. The molecule has 0 radical (unpaired) electrons. The third-order valence-electron chi connectivity index (χ3n) is 2.73. The second-order valence-corrected chi connectivity index (χ2v) is 5.38. The minimum atomic E-state index is -0.323. The molecule has 0 unspecified atom stereocenters. The lowest BCUT2D eigenvalue weighted by atomic mass is 10.2. The SMILES string of the molecule is CCCc1cc(=O)[nH]c(Sc2ccc(F)cc2CN)n1. The maximum absolute atomic E-state index is 13.2. The summed E-state index contributed by atoms with van der Waals surface area (Å²) in [6, 6.07) is 5.92. The fourth-order valence-corrected chi connectivity index (χ4v) is 2.76. The lowest BCUT2D eigenvalue weighted by Gasteiger charge is -2.07. The Hall–Kier alpha value is -1.66. The molecule has 1 heterocycles. The third-order valence-corrected chi connectivity index (χ3v) is 3.73. The highest BCUT2D eigenvalue weighted by Gasteiger charge is 2.08. The molecule has 6 heteroatoms. The summed E-state index contributed by atoms with van der Waals surface area (Å²) in [5.74, 6) is -0.323. The van der Waals surface area contributed by atoms with E-state index in [-0.39, 0.29) is 17.9 Å². The lowest BCUT2D eigenvalue weighted by molar-refractivity contribution is 0.623. The zero-order chi connectivity index (χ0) is 14.5. The largest absolute Gasteiger partial charge is 0.326 e. The van der Waals surface area contributed by atoms with Crippen molar-refractivity contribution in [2.24, 2.45) is 5.73 Å². The van der Waals surface area contributed by atoms with Crippen LogP contribution in [0.3, 0.4) is 0 Å². The molecule has 0 saturated heterocycles. The smallest absolute Gasteiger partial charge is 0.251 e. The van der Waals surface area contributed by atoms with E-state index in [1.54, 1.807) is 6.07 Å². The number of aryl methyl sites for hydroxylation is 1. The molecule has 20 heavy (non-hydrogen) atoms. The van der Waals surface area contributed by atoms with Crippen LogP contribution in [-0.4, -0.2) is 9.97 Å². The Morgan fingerprint density at radius 1 is 1.40 bits per heavy atom. The van der Waals surface area contributed by atoms with E-state index in [2.05, 4.69) is 9.97 Å². The normalized spacial score (nSPS) is 10.8. The van der Waals surface area contributed by atoms with Crippen LogP contribution in [0, 0.1) is 5.82 Å². The topological polar surface area (TPSA) is 71.8 Å². The van der Waals surface area contributed by atoms with Gasteiger partial charge in [-0.1, -0.05) is 25.1 Å². The number of H-pyrrole nitrogens is 1. The van der Waals surface area contributed by atoms with Crippen molar-refractivity contribution in [2.45, 2.75) is 36.4 Å². The number of aromatic amines is 1. The van der Waals surface area contributed by atoms with Gasteiger partial charge in [0.05, 0.1) is 0 Å². The number of nitrogens with one attached hydrogen (secondary N) is 1. The average Bonchev–Trinajstić information content (AvgIpc) is 2.40. The summed E-state index contributed by atoms with van der Waals surface area (Å²) in [5.41, 5.74) is 6.88. The molecule has 0 aliphatic carbocycles. The van der Waals surface area contributed by atoms with Gasteiger partial charge in [0.25, 0.3) is 5.56 Å². The molecule has 0 bridgehead atoms. The van der Waals surface area contributed by atoms with E-state index in [0.29, 0.717) is 10.7 Å². The first-order chi connectivity index (χ1) is 9.62. The predicted molar refractivity (Wildman–Crippen MR) is 77.3 cm³/mol. The van der Waals surface area contributed by atoms with E-state index in [9.17, 15) is 9.18 Å². The molecule has 3 N–H and O–H groups in total. The molecule has 1 aromatic heterocycles. The van der Waals surface area contributed by atoms with Gasteiger partial charge in [0.2, 0.25) is 0 Å². The lowest BCUT2D eigenvalue weighted by Crippen LogP contribution is -2.10. The van der Waals surface area contributed by atoms with E-state index in [1.807, 2.05) is 6.92 Å². The first-order valence-electron chi connectivity index (χ1n) is 6.39. The predicted octanol–water partition coefficient (Wildman–Crippen LogP) is 2.47. The second-order valence-electron chi connectivity index (χ2n) is 4.35. The van der Waals surface area contributed by atoms with Crippen molar-refractivity contribution in [3.8, 4) is 0 Å². The van der Waals surface area contributed by atoms with E-state index >= 15 is 0 Å². The highest BCUT2D eigenvalue weighted by Crippen LogP contribution is 2.28. The Morgan fingerprint density at radius 3 is 2.90 bits per heavy atom. The summed E-state index contributed by atoms with van der Waals surface area (Å²) in [7, 11) is 0. The minimum absolute atomic E-state index is 0.178. The van der Waals surface area contributed by atoms with Crippen LogP contribution in [0.1, 0.15) is 24.6 Å². The van der Waals surface area contributed by atoms with Crippen LogP contribution in [0.25, 0.3) is 0 Å². The molecule has 2 aromatic rings. The van der Waals surface area contributed by atoms with Gasteiger partial charge >= 0.3 is 0 Å². The van der Waals surface area contributed by atoms with Crippen LogP contribution in [0.4, 0.5) is 4.39 Å². The fourth-order valence-electron chi connectivity index (χ4n) is 1.83. The quantitative estimate of drug-likeness (QED) is 0.831. The van der Waals surface area contributed by atoms with Gasteiger partial charge in [0, 0.05) is 23.2 Å². The van der Waals surface area contributed by atoms with E-state index in [0.717, 1.165) is 23.4 Å². The van der Waals surface area contributed by atoms with E-state index < -0.39 is 0 Å². The molecule has 0 aliphatic rings.